The lowest BCUT2D eigenvalue weighted by Crippen LogP contribution is -2.34. The first kappa shape index (κ1) is 16.1. The van der Waals surface area contributed by atoms with Gasteiger partial charge in [0.15, 0.2) is 0 Å². The smallest absolute Gasteiger partial charge is 0.261 e. The summed E-state index contributed by atoms with van der Waals surface area (Å²) in [5, 5.41) is 17.4. The van der Waals surface area contributed by atoms with E-state index in [2.05, 4.69) is 15.2 Å². The monoisotopic (exact) mass is 342 g/mol. The van der Waals surface area contributed by atoms with Crippen LogP contribution in [0.4, 0.5) is 0 Å². The summed E-state index contributed by atoms with van der Waals surface area (Å²) in [6.45, 7) is 2.61. The van der Waals surface area contributed by atoms with Crippen LogP contribution >= 0.6 is 0 Å². The Hall–Kier alpha value is -2.41. The van der Waals surface area contributed by atoms with E-state index in [-0.39, 0.29) is 29.5 Å². The van der Waals surface area contributed by atoms with Crippen LogP contribution in [0, 0.1) is 12.8 Å². The molecular weight excluding hydrogens is 320 g/mol. The first-order chi connectivity index (χ1) is 12.0. The number of likely N-dealkylation sites (tertiary alicyclic amines) is 1. The Kier molecular flexibility index (Phi) is 3.95. The highest BCUT2D eigenvalue weighted by molar-refractivity contribution is 5.94. The summed E-state index contributed by atoms with van der Waals surface area (Å²) in [6.07, 6.45) is 2.78. The number of aliphatic hydroxyl groups is 1. The molecule has 0 bridgehead atoms. The molecule has 4 rings (SSSR count). The van der Waals surface area contributed by atoms with E-state index in [1.807, 2.05) is 13.0 Å². The van der Waals surface area contributed by atoms with Crippen molar-refractivity contribution in [3.8, 4) is 0 Å². The molecule has 2 aliphatic rings. The maximum absolute atomic E-state index is 12.8. The van der Waals surface area contributed by atoms with Crippen molar-refractivity contribution in [2.45, 2.75) is 38.7 Å². The highest BCUT2D eigenvalue weighted by Crippen LogP contribution is 2.24. The molecule has 1 saturated heterocycles. The van der Waals surface area contributed by atoms with Crippen LogP contribution in [0.15, 0.2) is 16.9 Å². The van der Waals surface area contributed by atoms with Gasteiger partial charge in [-0.15, -0.1) is 0 Å². The van der Waals surface area contributed by atoms with Gasteiger partial charge in [0, 0.05) is 30.4 Å². The number of aryl methyl sites for hydroxylation is 3. The van der Waals surface area contributed by atoms with Crippen molar-refractivity contribution in [1.29, 1.82) is 0 Å². The zero-order chi connectivity index (χ0) is 17.6. The van der Waals surface area contributed by atoms with E-state index in [4.69, 9.17) is 0 Å². The maximum Gasteiger partial charge on any atom is 0.261 e. The zero-order valence-corrected chi connectivity index (χ0v) is 14.2. The van der Waals surface area contributed by atoms with Crippen LogP contribution in [0.25, 0.3) is 0 Å². The average Bonchev–Trinajstić information content (AvgIpc) is 3.27. The minimum Gasteiger partial charge on any atom is -0.391 e. The van der Waals surface area contributed by atoms with Crippen LogP contribution in [0.5, 0.6) is 0 Å². The van der Waals surface area contributed by atoms with Crippen LogP contribution < -0.4 is 5.56 Å². The van der Waals surface area contributed by atoms with Gasteiger partial charge in [-0.25, -0.2) is 0 Å². The van der Waals surface area contributed by atoms with Crippen LogP contribution in [0.1, 0.15) is 39.4 Å². The molecule has 0 unspecified atom stereocenters. The summed E-state index contributed by atoms with van der Waals surface area (Å²) in [6, 6.07) is 3.68. The molecule has 3 heterocycles. The summed E-state index contributed by atoms with van der Waals surface area (Å²) < 4.78 is 0. The van der Waals surface area contributed by atoms with E-state index in [0.29, 0.717) is 13.0 Å². The third-order valence-electron chi connectivity index (χ3n) is 5.24. The number of carbonyl (C=O) groups is 1. The summed E-state index contributed by atoms with van der Waals surface area (Å²) in [4.78, 5) is 29.5. The number of aliphatic hydroxyl groups excluding tert-OH is 1. The summed E-state index contributed by atoms with van der Waals surface area (Å²) in [5.41, 5.74) is 3.72. The van der Waals surface area contributed by atoms with Crippen LogP contribution in [0.2, 0.25) is 0 Å². The molecule has 2 atom stereocenters. The molecule has 7 nitrogen and oxygen atoms in total. The topological polar surface area (TPSA) is 102 Å². The predicted molar refractivity (Wildman–Crippen MR) is 91.5 cm³/mol. The number of hydrogen-bond donors (Lipinski definition) is 3. The first-order valence-corrected chi connectivity index (χ1v) is 8.74. The summed E-state index contributed by atoms with van der Waals surface area (Å²) in [5.74, 6) is -0.365. The Morgan fingerprint density at radius 2 is 2.20 bits per heavy atom. The van der Waals surface area contributed by atoms with E-state index in [9.17, 15) is 14.7 Å². The molecule has 132 valence electrons. The Morgan fingerprint density at radius 3 is 2.96 bits per heavy atom. The largest absolute Gasteiger partial charge is 0.391 e. The molecule has 0 radical (unpaired) electrons. The summed E-state index contributed by atoms with van der Waals surface area (Å²) in [7, 11) is 0. The Morgan fingerprint density at radius 1 is 1.36 bits per heavy atom. The Labute approximate surface area is 145 Å². The van der Waals surface area contributed by atoms with Crippen molar-refractivity contribution < 1.29 is 9.90 Å². The number of aromatic amines is 2. The van der Waals surface area contributed by atoms with E-state index < -0.39 is 6.10 Å². The second-order valence-corrected chi connectivity index (χ2v) is 7.15. The maximum atomic E-state index is 12.8. The van der Waals surface area contributed by atoms with Crippen molar-refractivity contribution in [3.63, 3.8) is 0 Å². The van der Waals surface area contributed by atoms with E-state index in [0.717, 1.165) is 41.9 Å². The SMILES string of the molecule is Cc1cc(C[C@@H]2CN(C(=O)c3cc4c([nH]c3=O)CCC4)C[C@H]2O)n[nH]1. The van der Waals surface area contributed by atoms with Crippen LogP contribution in [-0.2, 0) is 19.3 Å². The highest BCUT2D eigenvalue weighted by Gasteiger charge is 2.35. The van der Waals surface area contributed by atoms with Gasteiger partial charge in [0.1, 0.15) is 5.56 Å². The lowest BCUT2D eigenvalue weighted by atomic mass is 10.0. The minimum atomic E-state index is -0.602. The standard InChI is InChI=1S/C18H22N4O3/c1-10-5-13(21-20-10)6-12-8-22(9-16(12)23)18(25)14-7-11-3-2-4-15(11)19-17(14)24/h5,7,12,16,23H,2-4,6,8-9H2,1H3,(H,19,24)(H,20,21)/t12-,16-/m1/s1. The number of amides is 1. The van der Waals surface area contributed by atoms with Gasteiger partial charge < -0.3 is 15.0 Å². The third-order valence-corrected chi connectivity index (χ3v) is 5.24. The number of nitrogens with zero attached hydrogens (tertiary/aromatic N) is 2. The molecule has 1 aliphatic carbocycles. The van der Waals surface area contributed by atoms with E-state index in [1.54, 1.807) is 11.0 Å². The van der Waals surface area contributed by atoms with Crippen molar-refractivity contribution in [3.05, 3.63) is 50.7 Å². The lowest BCUT2D eigenvalue weighted by Gasteiger charge is -2.16. The minimum absolute atomic E-state index is 0.0693. The fraction of sp³-hybridized carbons (Fsp3) is 0.500. The van der Waals surface area contributed by atoms with Gasteiger partial charge in [0.05, 0.1) is 11.8 Å². The molecule has 2 aromatic rings. The number of hydrogen-bond acceptors (Lipinski definition) is 4. The van der Waals surface area contributed by atoms with Gasteiger partial charge in [-0.3, -0.25) is 14.7 Å². The van der Waals surface area contributed by atoms with Gasteiger partial charge in [-0.2, -0.15) is 5.10 Å². The van der Waals surface area contributed by atoms with Gasteiger partial charge in [0.25, 0.3) is 11.5 Å². The second kappa shape index (κ2) is 6.15. The highest BCUT2D eigenvalue weighted by atomic mass is 16.3. The van der Waals surface area contributed by atoms with Crippen molar-refractivity contribution in [2.75, 3.05) is 13.1 Å². The number of nitrogens with one attached hydrogen (secondary N) is 2. The Bertz CT molecular complexity index is 869. The molecule has 2 aromatic heterocycles. The van der Waals surface area contributed by atoms with Crippen LogP contribution in [0.3, 0.4) is 0 Å². The van der Waals surface area contributed by atoms with Gasteiger partial charge in [-0.1, -0.05) is 0 Å². The van der Waals surface area contributed by atoms with Gasteiger partial charge in [0.2, 0.25) is 0 Å². The number of H-pyrrole nitrogens is 2. The number of carbonyl (C=O) groups excluding carboxylic acids is 1. The van der Waals surface area contributed by atoms with E-state index >= 15 is 0 Å². The number of rotatable bonds is 3. The molecule has 0 aromatic carbocycles. The van der Waals surface area contributed by atoms with Crippen molar-refractivity contribution in [1.82, 2.24) is 20.1 Å². The molecule has 1 fully saturated rings. The Balaban J connectivity index is 1.51. The molecule has 1 amide bonds. The molecule has 3 N–H and O–H groups in total. The zero-order valence-electron chi connectivity index (χ0n) is 14.2. The number of fused-ring (bicyclic) bond motifs is 1. The van der Waals surface area contributed by atoms with Gasteiger partial charge >= 0.3 is 0 Å². The number of aromatic nitrogens is 3. The van der Waals surface area contributed by atoms with Crippen molar-refractivity contribution in [2.24, 2.45) is 5.92 Å². The predicted octanol–water partition coefficient (Wildman–Crippen LogP) is 0.571. The quantitative estimate of drug-likeness (QED) is 0.759. The third kappa shape index (κ3) is 3.00. The average molecular weight is 342 g/mol. The molecule has 25 heavy (non-hydrogen) atoms. The van der Waals surface area contributed by atoms with Gasteiger partial charge in [-0.05, 0) is 50.3 Å². The van der Waals surface area contributed by atoms with Crippen molar-refractivity contribution >= 4 is 5.91 Å². The molecule has 7 heteroatoms. The lowest BCUT2D eigenvalue weighted by molar-refractivity contribution is 0.0762. The molecule has 1 aliphatic heterocycles. The summed E-state index contributed by atoms with van der Waals surface area (Å²) >= 11 is 0. The number of β-amino-alcohol motifs (C(OH)–C–C–N with tert-alkyl or cyclic N) is 1. The fourth-order valence-corrected chi connectivity index (χ4v) is 3.91. The van der Waals surface area contributed by atoms with Crippen LogP contribution in [-0.4, -0.2) is 50.3 Å². The second-order valence-electron chi connectivity index (χ2n) is 7.15. The fourth-order valence-electron chi connectivity index (χ4n) is 3.91. The molecule has 0 spiro atoms. The molecule has 0 saturated carbocycles. The molecular formula is C18H22N4O3. The first-order valence-electron chi connectivity index (χ1n) is 8.74. The van der Waals surface area contributed by atoms with E-state index in [1.165, 1.54) is 0 Å². The number of pyridine rings is 1. The normalized spacial score (nSPS) is 22.4.